The monoisotopic (exact) mass is 263 g/mol. The summed E-state index contributed by atoms with van der Waals surface area (Å²) in [7, 11) is 0. The Morgan fingerprint density at radius 3 is 2.44 bits per heavy atom. The molecule has 102 valence electrons. The smallest absolute Gasteiger partial charge is 0.382 e. The summed E-state index contributed by atoms with van der Waals surface area (Å²) < 4.78 is 36.3. The molecule has 1 aromatic rings. The number of aryl methyl sites for hydroxylation is 1. The summed E-state index contributed by atoms with van der Waals surface area (Å²) in [6.45, 7) is 4.89. The highest BCUT2D eigenvalue weighted by molar-refractivity contribution is 5.36. The van der Waals surface area contributed by atoms with Crippen LogP contribution in [-0.2, 0) is 0 Å². The highest BCUT2D eigenvalue weighted by Gasteiger charge is 2.37. The Labute approximate surface area is 103 Å². The largest absolute Gasteiger partial charge is 0.416 e. The molecule has 1 aromatic heterocycles. The Kier molecular flexibility index (Phi) is 4.50. The van der Waals surface area contributed by atoms with Gasteiger partial charge in [0.2, 0.25) is 0 Å². The first kappa shape index (κ1) is 14.7. The second-order valence-electron chi connectivity index (χ2n) is 4.35. The molecule has 0 aliphatic rings. The zero-order valence-electron chi connectivity index (χ0n) is 10.4. The van der Waals surface area contributed by atoms with E-state index in [-0.39, 0.29) is 11.7 Å². The van der Waals surface area contributed by atoms with E-state index in [1.807, 2.05) is 13.8 Å². The fraction of sp³-hybridized carbons (Fsp3) is 0.636. The van der Waals surface area contributed by atoms with Gasteiger partial charge >= 0.3 is 6.18 Å². The Hall–Kier alpha value is -1.37. The van der Waals surface area contributed by atoms with Crippen LogP contribution in [0.15, 0.2) is 6.07 Å². The number of hydrogen-bond donors (Lipinski definition) is 2. The fourth-order valence-corrected chi connectivity index (χ4v) is 1.26. The van der Waals surface area contributed by atoms with E-state index in [0.717, 1.165) is 0 Å². The molecule has 0 aromatic carbocycles. The summed E-state index contributed by atoms with van der Waals surface area (Å²) in [5.41, 5.74) is 0.665. The maximum atomic E-state index is 12.1. The minimum absolute atomic E-state index is 0.0815. The van der Waals surface area contributed by atoms with Crippen molar-refractivity contribution in [1.82, 2.24) is 9.97 Å². The summed E-state index contributed by atoms with van der Waals surface area (Å²) in [5.74, 6) is 0.923. The molecule has 0 radical (unpaired) electrons. The van der Waals surface area contributed by atoms with Crippen molar-refractivity contribution >= 4 is 5.82 Å². The number of alkyl halides is 3. The fourth-order valence-electron chi connectivity index (χ4n) is 1.26. The predicted octanol–water partition coefficient (Wildman–Crippen LogP) is 2.24. The van der Waals surface area contributed by atoms with Crippen molar-refractivity contribution in [3.05, 3.63) is 17.6 Å². The molecule has 0 aliphatic heterocycles. The first-order valence-electron chi connectivity index (χ1n) is 5.54. The first-order chi connectivity index (χ1) is 8.20. The number of aliphatic hydroxyl groups is 1. The third kappa shape index (κ3) is 4.14. The van der Waals surface area contributed by atoms with Crippen LogP contribution in [-0.4, -0.2) is 33.9 Å². The van der Waals surface area contributed by atoms with Crippen LogP contribution in [0.1, 0.15) is 31.3 Å². The second-order valence-corrected chi connectivity index (χ2v) is 4.35. The lowest BCUT2D eigenvalue weighted by Crippen LogP contribution is -2.35. The molecule has 0 fully saturated rings. The normalized spacial score (nSPS) is 13.8. The lowest BCUT2D eigenvalue weighted by molar-refractivity contribution is -0.198. The highest BCUT2D eigenvalue weighted by atomic mass is 19.4. The van der Waals surface area contributed by atoms with E-state index in [0.29, 0.717) is 11.5 Å². The molecule has 18 heavy (non-hydrogen) atoms. The van der Waals surface area contributed by atoms with Crippen molar-refractivity contribution in [3.63, 3.8) is 0 Å². The minimum atomic E-state index is -4.63. The van der Waals surface area contributed by atoms with E-state index in [4.69, 9.17) is 5.11 Å². The average Bonchev–Trinajstić information content (AvgIpc) is 2.23. The van der Waals surface area contributed by atoms with Gasteiger partial charge in [-0.2, -0.15) is 13.2 Å². The number of anilines is 1. The number of halogens is 3. The number of hydrogen-bond acceptors (Lipinski definition) is 4. The van der Waals surface area contributed by atoms with Gasteiger partial charge in [0, 0.05) is 17.7 Å². The van der Waals surface area contributed by atoms with Gasteiger partial charge in [-0.1, -0.05) is 13.8 Å². The van der Waals surface area contributed by atoms with Crippen molar-refractivity contribution in [1.29, 1.82) is 0 Å². The maximum absolute atomic E-state index is 12.1. The molecular weight excluding hydrogens is 247 g/mol. The lowest BCUT2D eigenvalue weighted by atomic mass is 10.2. The molecule has 1 unspecified atom stereocenters. The summed E-state index contributed by atoms with van der Waals surface area (Å²) in [5, 5.41) is 11.3. The van der Waals surface area contributed by atoms with Crippen LogP contribution in [0.5, 0.6) is 0 Å². The zero-order chi connectivity index (χ0) is 13.9. The Bertz CT molecular complexity index is 407. The molecule has 2 N–H and O–H groups in total. The van der Waals surface area contributed by atoms with E-state index in [2.05, 4.69) is 15.3 Å². The van der Waals surface area contributed by atoms with Gasteiger partial charge in [-0.05, 0) is 6.92 Å². The van der Waals surface area contributed by atoms with Gasteiger partial charge < -0.3 is 10.4 Å². The molecule has 0 aliphatic carbocycles. The average molecular weight is 263 g/mol. The molecule has 0 spiro atoms. The molecule has 0 saturated carbocycles. The van der Waals surface area contributed by atoms with Crippen molar-refractivity contribution in [2.24, 2.45) is 0 Å². The van der Waals surface area contributed by atoms with Crippen molar-refractivity contribution in [2.45, 2.75) is 39.0 Å². The number of aliphatic hydroxyl groups excluding tert-OH is 1. The van der Waals surface area contributed by atoms with E-state index in [1.165, 1.54) is 6.07 Å². The quantitative estimate of drug-likeness (QED) is 0.874. The Balaban J connectivity index is 2.73. The van der Waals surface area contributed by atoms with E-state index >= 15 is 0 Å². The third-order valence-corrected chi connectivity index (χ3v) is 2.24. The van der Waals surface area contributed by atoms with Gasteiger partial charge in [-0.15, -0.1) is 0 Å². The van der Waals surface area contributed by atoms with E-state index < -0.39 is 18.8 Å². The van der Waals surface area contributed by atoms with Gasteiger partial charge in [-0.3, -0.25) is 0 Å². The van der Waals surface area contributed by atoms with Crippen LogP contribution in [0.3, 0.4) is 0 Å². The van der Waals surface area contributed by atoms with Gasteiger partial charge in [-0.25, -0.2) is 9.97 Å². The topological polar surface area (TPSA) is 58.0 Å². The summed E-state index contributed by atoms with van der Waals surface area (Å²) in [4.78, 5) is 8.26. The number of rotatable bonds is 4. The van der Waals surface area contributed by atoms with E-state index in [9.17, 15) is 13.2 Å². The van der Waals surface area contributed by atoms with Crippen molar-refractivity contribution in [3.8, 4) is 0 Å². The molecule has 7 heteroatoms. The van der Waals surface area contributed by atoms with Crippen LogP contribution in [0.25, 0.3) is 0 Å². The van der Waals surface area contributed by atoms with Gasteiger partial charge in [0.1, 0.15) is 11.6 Å². The van der Waals surface area contributed by atoms with Crippen molar-refractivity contribution < 1.29 is 18.3 Å². The second kappa shape index (κ2) is 5.51. The van der Waals surface area contributed by atoms with Gasteiger partial charge in [0.25, 0.3) is 0 Å². The highest BCUT2D eigenvalue weighted by Crippen LogP contribution is 2.20. The van der Waals surface area contributed by atoms with Crippen LogP contribution in [0.2, 0.25) is 0 Å². The SMILES string of the molecule is Cc1cc(NCC(O)C(F)(F)F)nc(C(C)C)n1. The van der Waals surface area contributed by atoms with E-state index in [1.54, 1.807) is 6.92 Å². The molecule has 1 heterocycles. The van der Waals surface area contributed by atoms with Gasteiger partial charge in [0.05, 0.1) is 6.54 Å². The van der Waals surface area contributed by atoms with Crippen LogP contribution >= 0.6 is 0 Å². The predicted molar refractivity (Wildman–Crippen MR) is 61.4 cm³/mol. The molecule has 0 bridgehead atoms. The maximum Gasteiger partial charge on any atom is 0.416 e. The lowest BCUT2D eigenvalue weighted by Gasteiger charge is -2.16. The standard InChI is InChI=1S/C11H16F3N3O/c1-6(2)10-16-7(3)4-9(17-10)15-5-8(18)11(12,13)14/h4,6,8,18H,5H2,1-3H3,(H,15,16,17). The number of nitrogens with zero attached hydrogens (tertiary/aromatic N) is 2. The molecule has 1 atom stereocenters. The summed E-state index contributed by atoms with van der Waals surface area (Å²) in [6.07, 6.45) is -7.04. The van der Waals surface area contributed by atoms with Crippen LogP contribution < -0.4 is 5.32 Å². The zero-order valence-corrected chi connectivity index (χ0v) is 10.4. The first-order valence-corrected chi connectivity index (χ1v) is 5.54. The number of aromatic nitrogens is 2. The minimum Gasteiger partial charge on any atom is -0.382 e. The molecule has 0 amide bonds. The molecule has 0 saturated heterocycles. The molecule has 4 nitrogen and oxygen atoms in total. The summed E-state index contributed by atoms with van der Waals surface area (Å²) >= 11 is 0. The number of nitrogens with one attached hydrogen (secondary N) is 1. The Morgan fingerprint density at radius 2 is 1.94 bits per heavy atom. The Morgan fingerprint density at radius 1 is 1.33 bits per heavy atom. The van der Waals surface area contributed by atoms with Crippen LogP contribution in [0, 0.1) is 6.92 Å². The third-order valence-electron chi connectivity index (χ3n) is 2.24. The molecule has 1 rings (SSSR count). The van der Waals surface area contributed by atoms with Crippen LogP contribution in [0.4, 0.5) is 19.0 Å². The molecular formula is C11H16F3N3O. The van der Waals surface area contributed by atoms with Gasteiger partial charge in [0.15, 0.2) is 6.10 Å². The van der Waals surface area contributed by atoms with Crippen molar-refractivity contribution in [2.75, 3.05) is 11.9 Å². The summed E-state index contributed by atoms with van der Waals surface area (Å²) in [6, 6.07) is 1.54.